The molecule has 0 saturated carbocycles. The molecule has 1 aliphatic rings. The highest BCUT2D eigenvalue weighted by Crippen LogP contribution is 2.29. The summed E-state index contributed by atoms with van der Waals surface area (Å²) in [5.41, 5.74) is 1.23. The molecule has 172 valence electrons. The third kappa shape index (κ3) is 6.98. The fourth-order valence-corrected chi connectivity index (χ4v) is 3.39. The van der Waals surface area contributed by atoms with Gasteiger partial charge in [0, 0.05) is 38.9 Å². The number of rotatable bonds is 7. The van der Waals surface area contributed by atoms with Gasteiger partial charge in [0.25, 0.3) is 5.91 Å². The van der Waals surface area contributed by atoms with E-state index in [1.165, 1.54) is 6.07 Å². The molecule has 0 radical (unpaired) electrons. The Morgan fingerprint density at radius 1 is 1.06 bits per heavy atom. The molecule has 9 heteroatoms. The average molecular weight is 448 g/mol. The van der Waals surface area contributed by atoms with Crippen molar-refractivity contribution < 1.29 is 22.7 Å². The van der Waals surface area contributed by atoms with E-state index in [4.69, 9.17) is 4.74 Å². The fourth-order valence-electron chi connectivity index (χ4n) is 3.39. The van der Waals surface area contributed by atoms with E-state index in [9.17, 15) is 18.0 Å². The van der Waals surface area contributed by atoms with Crippen molar-refractivity contribution in [1.29, 1.82) is 0 Å². The summed E-state index contributed by atoms with van der Waals surface area (Å²) in [6.07, 6.45) is -2.33. The second kappa shape index (κ2) is 11.0. The van der Waals surface area contributed by atoms with Crippen molar-refractivity contribution in [1.82, 2.24) is 16.0 Å². The van der Waals surface area contributed by atoms with Crippen molar-refractivity contribution in [3.8, 4) is 0 Å². The number of carbonyl (C=O) groups excluding carboxylic acids is 1. The summed E-state index contributed by atoms with van der Waals surface area (Å²) in [5.74, 6) is 0.282. The van der Waals surface area contributed by atoms with Crippen LogP contribution in [0.4, 0.5) is 13.2 Å². The molecule has 1 heterocycles. The van der Waals surface area contributed by atoms with Crippen LogP contribution in [-0.4, -0.2) is 38.2 Å². The van der Waals surface area contributed by atoms with Gasteiger partial charge in [-0.15, -0.1) is 0 Å². The fraction of sp³-hybridized carbons (Fsp3) is 0.391. The van der Waals surface area contributed by atoms with Crippen molar-refractivity contribution in [2.24, 2.45) is 4.99 Å². The van der Waals surface area contributed by atoms with E-state index >= 15 is 0 Å². The van der Waals surface area contributed by atoms with Crippen LogP contribution in [0.25, 0.3) is 0 Å². The number of nitrogens with one attached hydrogen (secondary N) is 3. The standard InChI is InChI=1S/C23H27F3N4O2/c1-27-22(30-14-17-6-3-8-19(12-17)23(24,25)26)29-13-16-5-2-7-18(11-16)21(31)28-15-20-9-4-10-32-20/h2-3,5-8,11-12,20H,4,9-10,13-15H2,1H3,(H,28,31)(H2,27,29,30). The lowest BCUT2D eigenvalue weighted by Crippen LogP contribution is -2.36. The summed E-state index contributed by atoms with van der Waals surface area (Å²) in [7, 11) is 1.58. The molecular weight excluding hydrogens is 421 g/mol. The van der Waals surface area contributed by atoms with Crippen molar-refractivity contribution >= 4 is 11.9 Å². The number of carbonyl (C=O) groups is 1. The summed E-state index contributed by atoms with van der Waals surface area (Å²) in [6, 6.07) is 12.4. The smallest absolute Gasteiger partial charge is 0.376 e. The van der Waals surface area contributed by atoms with Gasteiger partial charge in [-0.05, 0) is 48.2 Å². The van der Waals surface area contributed by atoms with Gasteiger partial charge in [0.1, 0.15) is 0 Å². The molecule has 0 bridgehead atoms. The minimum atomic E-state index is -4.38. The number of halogens is 3. The number of aliphatic imine (C=N–C) groups is 1. The van der Waals surface area contributed by atoms with Gasteiger partial charge >= 0.3 is 6.18 Å². The number of alkyl halides is 3. The highest BCUT2D eigenvalue weighted by Gasteiger charge is 2.30. The number of guanidine groups is 1. The second-order valence-corrected chi connectivity index (χ2v) is 7.52. The summed E-state index contributed by atoms with van der Waals surface area (Å²) < 4.78 is 44.1. The Morgan fingerprint density at radius 2 is 1.75 bits per heavy atom. The molecule has 1 saturated heterocycles. The maximum atomic E-state index is 12.9. The lowest BCUT2D eigenvalue weighted by atomic mass is 10.1. The van der Waals surface area contributed by atoms with E-state index in [2.05, 4.69) is 20.9 Å². The van der Waals surface area contributed by atoms with Crippen molar-refractivity contribution in [2.45, 2.75) is 38.2 Å². The molecule has 0 aliphatic carbocycles. The predicted octanol–water partition coefficient (Wildman–Crippen LogP) is 3.48. The molecule has 3 rings (SSSR count). The molecule has 1 unspecified atom stereocenters. The van der Waals surface area contributed by atoms with Crippen LogP contribution < -0.4 is 16.0 Å². The molecule has 32 heavy (non-hydrogen) atoms. The Morgan fingerprint density at radius 3 is 2.38 bits per heavy atom. The quantitative estimate of drug-likeness (QED) is 0.448. The van der Waals surface area contributed by atoms with Crippen LogP contribution in [0.5, 0.6) is 0 Å². The highest BCUT2D eigenvalue weighted by molar-refractivity contribution is 5.94. The lowest BCUT2D eigenvalue weighted by molar-refractivity contribution is -0.137. The monoisotopic (exact) mass is 448 g/mol. The first kappa shape index (κ1) is 23.6. The second-order valence-electron chi connectivity index (χ2n) is 7.52. The lowest BCUT2D eigenvalue weighted by Gasteiger charge is -2.14. The molecule has 6 nitrogen and oxygen atoms in total. The Bertz CT molecular complexity index is 941. The average Bonchev–Trinajstić information content (AvgIpc) is 3.31. The summed E-state index contributed by atoms with van der Waals surface area (Å²) >= 11 is 0. The Labute approximate surface area is 185 Å². The van der Waals surface area contributed by atoms with Crippen LogP contribution in [0.2, 0.25) is 0 Å². The molecule has 1 aliphatic heterocycles. The van der Waals surface area contributed by atoms with E-state index in [0.717, 1.165) is 37.1 Å². The van der Waals surface area contributed by atoms with Gasteiger partial charge in [-0.2, -0.15) is 13.2 Å². The van der Waals surface area contributed by atoms with E-state index in [-0.39, 0.29) is 18.6 Å². The van der Waals surface area contributed by atoms with Gasteiger partial charge in [-0.1, -0.05) is 24.3 Å². The number of nitrogens with zero attached hydrogens (tertiary/aromatic N) is 1. The van der Waals surface area contributed by atoms with Crippen LogP contribution in [0.15, 0.2) is 53.5 Å². The first-order valence-corrected chi connectivity index (χ1v) is 10.4. The Kier molecular flexibility index (Phi) is 8.10. The molecule has 2 aromatic rings. The first-order chi connectivity index (χ1) is 15.3. The molecule has 1 fully saturated rings. The van der Waals surface area contributed by atoms with E-state index < -0.39 is 11.7 Å². The van der Waals surface area contributed by atoms with Crippen molar-refractivity contribution in [3.63, 3.8) is 0 Å². The topological polar surface area (TPSA) is 74.8 Å². The number of amides is 1. The largest absolute Gasteiger partial charge is 0.416 e. The van der Waals surface area contributed by atoms with E-state index in [1.807, 2.05) is 6.07 Å². The van der Waals surface area contributed by atoms with Gasteiger partial charge in [-0.25, -0.2) is 0 Å². The zero-order chi connectivity index (χ0) is 23.0. The third-order valence-corrected chi connectivity index (χ3v) is 5.10. The summed E-state index contributed by atoms with van der Waals surface area (Å²) in [4.78, 5) is 16.5. The van der Waals surface area contributed by atoms with Crippen LogP contribution in [0.1, 0.15) is 39.9 Å². The van der Waals surface area contributed by atoms with E-state index in [0.29, 0.717) is 30.2 Å². The molecule has 2 aromatic carbocycles. The molecule has 0 spiro atoms. The maximum absolute atomic E-state index is 12.9. The predicted molar refractivity (Wildman–Crippen MR) is 116 cm³/mol. The van der Waals surface area contributed by atoms with Crippen LogP contribution >= 0.6 is 0 Å². The summed E-state index contributed by atoms with van der Waals surface area (Å²) in [5, 5.41) is 9.01. The number of ether oxygens (including phenoxy) is 1. The zero-order valence-electron chi connectivity index (χ0n) is 17.8. The van der Waals surface area contributed by atoms with Crippen LogP contribution in [0, 0.1) is 0 Å². The minimum Gasteiger partial charge on any atom is -0.376 e. The Balaban J connectivity index is 1.50. The Hall–Kier alpha value is -3.07. The first-order valence-electron chi connectivity index (χ1n) is 10.4. The molecule has 3 N–H and O–H groups in total. The zero-order valence-corrected chi connectivity index (χ0v) is 17.8. The molecular formula is C23H27F3N4O2. The van der Waals surface area contributed by atoms with Crippen molar-refractivity contribution in [2.75, 3.05) is 20.2 Å². The van der Waals surface area contributed by atoms with Crippen molar-refractivity contribution in [3.05, 3.63) is 70.8 Å². The van der Waals surface area contributed by atoms with Gasteiger partial charge in [0.15, 0.2) is 5.96 Å². The van der Waals surface area contributed by atoms with Gasteiger partial charge in [-0.3, -0.25) is 9.79 Å². The van der Waals surface area contributed by atoms with Gasteiger partial charge in [0.05, 0.1) is 11.7 Å². The minimum absolute atomic E-state index is 0.0787. The number of hydrogen-bond donors (Lipinski definition) is 3. The molecule has 0 aromatic heterocycles. The maximum Gasteiger partial charge on any atom is 0.416 e. The van der Waals surface area contributed by atoms with Crippen LogP contribution in [-0.2, 0) is 24.0 Å². The van der Waals surface area contributed by atoms with E-state index in [1.54, 1.807) is 31.3 Å². The SMILES string of the molecule is CN=C(NCc1cccc(C(=O)NCC2CCCO2)c1)NCc1cccc(C(F)(F)F)c1. The normalized spacial score (nSPS) is 16.6. The van der Waals surface area contributed by atoms with Gasteiger partial charge < -0.3 is 20.7 Å². The van der Waals surface area contributed by atoms with Gasteiger partial charge in [0.2, 0.25) is 0 Å². The number of benzene rings is 2. The van der Waals surface area contributed by atoms with Crippen LogP contribution in [0.3, 0.4) is 0 Å². The molecule has 1 atom stereocenters. The third-order valence-electron chi connectivity index (χ3n) is 5.10. The summed E-state index contributed by atoms with van der Waals surface area (Å²) in [6.45, 7) is 1.82. The highest BCUT2D eigenvalue weighted by atomic mass is 19.4. The number of hydrogen-bond acceptors (Lipinski definition) is 3. The molecule has 1 amide bonds.